The summed E-state index contributed by atoms with van der Waals surface area (Å²) in [6.45, 7) is 0. The maximum absolute atomic E-state index is 12.2. The van der Waals surface area contributed by atoms with Crippen molar-refractivity contribution in [3.05, 3.63) is 23.2 Å². The van der Waals surface area contributed by atoms with Crippen molar-refractivity contribution in [3.8, 4) is 0 Å². The highest BCUT2D eigenvalue weighted by molar-refractivity contribution is 8.03. The van der Waals surface area contributed by atoms with Gasteiger partial charge in [0.2, 0.25) is 21.8 Å². The number of amides is 2. The third-order valence-corrected chi connectivity index (χ3v) is 8.63. The zero-order chi connectivity index (χ0) is 21.6. The quantitative estimate of drug-likeness (QED) is 0.478. The monoisotopic (exact) mass is 495 g/mol. The van der Waals surface area contributed by atoms with Crippen molar-refractivity contribution in [2.45, 2.75) is 20.0 Å². The van der Waals surface area contributed by atoms with E-state index in [-0.39, 0.29) is 33.7 Å². The van der Waals surface area contributed by atoms with Gasteiger partial charge in [0.25, 0.3) is 0 Å². The predicted octanol–water partition coefficient (Wildman–Crippen LogP) is 2.14. The Balaban J connectivity index is 1.90. The van der Waals surface area contributed by atoms with Crippen LogP contribution in [0.5, 0.6) is 0 Å². The molecule has 0 atom stereocenters. The Morgan fingerprint density at radius 1 is 1.24 bits per heavy atom. The van der Waals surface area contributed by atoms with Crippen molar-refractivity contribution in [2.24, 2.45) is 5.73 Å². The number of primary amides is 1. The smallest absolute Gasteiger partial charge is 0.242 e. The Morgan fingerprint density at radius 2 is 1.90 bits per heavy atom. The van der Waals surface area contributed by atoms with Gasteiger partial charge in [0.15, 0.2) is 8.68 Å². The molecule has 0 unspecified atom stereocenters. The number of halogens is 1. The molecule has 1 aromatic carbocycles. The number of hydrogen-bond acceptors (Lipinski definition) is 9. The number of aromatic nitrogens is 2. The van der Waals surface area contributed by atoms with Crippen LogP contribution in [0.2, 0.25) is 5.02 Å². The van der Waals surface area contributed by atoms with Crippen LogP contribution in [0.3, 0.4) is 0 Å². The van der Waals surface area contributed by atoms with Crippen molar-refractivity contribution in [1.82, 2.24) is 14.5 Å². The van der Waals surface area contributed by atoms with E-state index in [1.165, 1.54) is 67.2 Å². The summed E-state index contributed by atoms with van der Waals surface area (Å²) in [6, 6.07) is 4.14. The molecule has 2 rings (SSSR count). The van der Waals surface area contributed by atoms with Gasteiger partial charge in [-0.3, -0.25) is 9.59 Å². The fraction of sp³-hybridized carbons (Fsp3) is 0.333. The Hall–Kier alpha value is -1.38. The highest BCUT2D eigenvalue weighted by Crippen LogP contribution is 2.29. The van der Waals surface area contributed by atoms with Crippen molar-refractivity contribution < 1.29 is 18.0 Å². The number of sulfonamides is 1. The fourth-order valence-corrected chi connectivity index (χ4v) is 5.72. The minimum absolute atomic E-state index is 0.0337. The van der Waals surface area contributed by atoms with Crippen LogP contribution in [-0.2, 0) is 19.6 Å². The molecule has 3 N–H and O–H groups in total. The molecule has 158 valence electrons. The van der Waals surface area contributed by atoms with E-state index in [2.05, 4.69) is 15.5 Å². The van der Waals surface area contributed by atoms with Gasteiger partial charge in [-0.05, 0) is 18.2 Å². The first-order valence-electron chi connectivity index (χ1n) is 7.99. The molecule has 1 aromatic heterocycles. The number of benzene rings is 1. The molecule has 2 aromatic rings. The van der Waals surface area contributed by atoms with Gasteiger partial charge in [0, 0.05) is 26.3 Å². The molecule has 0 saturated carbocycles. The van der Waals surface area contributed by atoms with Crippen molar-refractivity contribution in [2.75, 3.05) is 30.9 Å². The van der Waals surface area contributed by atoms with E-state index in [0.717, 1.165) is 4.31 Å². The Morgan fingerprint density at radius 3 is 2.52 bits per heavy atom. The number of anilines is 1. The lowest BCUT2D eigenvalue weighted by Gasteiger charge is -2.13. The van der Waals surface area contributed by atoms with Crippen LogP contribution in [0.4, 0.5) is 5.69 Å². The molecule has 0 aliphatic rings. The minimum Gasteiger partial charge on any atom is -0.369 e. The van der Waals surface area contributed by atoms with Crippen molar-refractivity contribution in [1.29, 1.82) is 0 Å². The highest BCUT2D eigenvalue weighted by Gasteiger charge is 2.19. The van der Waals surface area contributed by atoms with Crippen LogP contribution in [0, 0.1) is 0 Å². The molecule has 1 heterocycles. The first kappa shape index (κ1) is 23.9. The second kappa shape index (κ2) is 10.6. The molecule has 0 saturated heterocycles. The normalized spacial score (nSPS) is 11.6. The summed E-state index contributed by atoms with van der Waals surface area (Å²) < 4.78 is 26.8. The molecular formula is C15H18ClN5O4S4. The topological polar surface area (TPSA) is 135 Å². The molecule has 29 heavy (non-hydrogen) atoms. The predicted molar refractivity (Wildman–Crippen MR) is 116 cm³/mol. The largest absolute Gasteiger partial charge is 0.369 e. The lowest BCUT2D eigenvalue weighted by atomic mass is 10.3. The average Bonchev–Trinajstić information content (AvgIpc) is 3.09. The third-order valence-electron chi connectivity index (χ3n) is 3.27. The summed E-state index contributed by atoms with van der Waals surface area (Å²) in [6.07, 6.45) is 0.162. The van der Waals surface area contributed by atoms with E-state index in [9.17, 15) is 18.0 Å². The van der Waals surface area contributed by atoms with Crippen molar-refractivity contribution >= 4 is 74.0 Å². The second-order valence-corrected chi connectivity index (χ2v) is 11.8. The van der Waals surface area contributed by atoms with Crippen LogP contribution in [0.1, 0.15) is 6.42 Å². The summed E-state index contributed by atoms with van der Waals surface area (Å²) in [5.74, 6) is -0.178. The number of rotatable bonds is 10. The molecule has 0 bridgehead atoms. The third kappa shape index (κ3) is 7.12. The molecule has 0 aliphatic heterocycles. The van der Waals surface area contributed by atoms with Gasteiger partial charge in [-0.25, -0.2) is 12.7 Å². The standard InChI is InChI=1S/C15H18ClN5O4S4/c1-21(2)29(24,25)9-3-4-10(16)11(7-9)18-13(23)5-6-26-14-19-20-15(28-14)27-8-12(17)22/h3-4,7H,5-6,8H2,1-2H3,(H2,17,22)(H,18,23). The van der Waals surface area contributed by atoms with E-state index in [4.69, 9.17) is 17.3 Å². The number of nitrogens with one attached hydrogen (secondary N) is 1. The molecule has 0 aliphatic carbocycles. The summed E-state index contributed by atoms with van der Waals surface area (Å²) in [4.78, 5) is 23.0. The molecule has 0 radical (unpaired) electrons. The highest BCUT2D eigenvalue weighted by atomic mass is 35.5. The maximum atomic E-state index is 12.2. The molecule has 0 spiro atoms. The van der Waals surface area contributed by atoms with Gasteiger partial charge in [0.05, 0.1) is 21.4 Å². The summed E-state index contributed by atoms with van der Waals surface area (Å²) in [7, 11) is -0.796. The molecule has 9 nitrogen and oxygen atoms in total. The van der Waals surface area contributed by atoms with E-state index >= 15 is 0 Å². The van der Waals surface area contributed by atoms with Crippen LogP contribution < -0.4 is 11.1 Å². The molecular weight excluding hydrogens is 478 g/mol. The fourth-order valence-electron chi connectivity index (χ4n) is 1.86. The SMILES string of the molecule is CN(C)S(=O)(=O)c1ccc(Cl)c(NC(=O)CCSc2nnc(SCC(N)=O)s2)c1. The first-order valence-corrected chi connectivity index (χ1v) is 12.6. The number of carbonyl (C=O) groups excluding carboxylic acids is 2. The van der Waals surface area contributed by atoms with E-state index in [0.29, 0.717) is 14.4 Å². The molecule has 2 amide bonds. The first-order chi connectivity index (χ1) is 13.6. The minimum atomic E-state index is -3.64. The second-order valence-electron chi connectivity index (χ2n) is 5.66. The van der Waals surface area contributed by atoms with Crippen LogP contribution >= 0.6 is 46.5 Å². The van der Waals surface area contributed by atoms with Gasteiger partial charge < -0.3 is 11.1 Å². The van der Waals surface area contributed by atoms with Gasteiger partial charge in [-0.1, -0.05) is 46.5 Å². The lowest BCUT2D eigenvalue weighted by molar-refractivity contribution is -0.116. The summed E-state index contributed by atoms with van der Waals surface area (Å²) in [5, 5.41) is 10.8. The van der Waals surface area contributed by atoms with E-state index in [1.807, 2.05) is 0 Å². The van der Waals surface area contributed by atoms with Crippen LogP contribution in [0.15, 0.2) is 31.8 Å². The lowest BCUT2D eigenvalue weighted by Crippen LogP contribution is -2.22. The Kier molecular flexibility index (Phi) is 8.73. The van der Waals surface area contributed by atoms with Crippen LogP contribution in [0.25, 0.3) is 0 Å². The van der Waals surface area contributed by atoms with E-state index in [1.54, 1.807) is 0 Å². The number of carbonyl (C=O) groups is 2. The molecule has 14 heteroatoms. The Bertz CT molecular complexity index is 996. The Labute approximate surface area is 185 Å². The van der Waals surface area contributed by atoms with E-state index < -0.39 is 15.9 Å². The zero-order valence-corrected chi connectivity index (χ0v) is 19.4. The van der Waals surface area contributed by atoms with Gasteiger partial charge in [-0.2, -0.15) is 0 Å². The number of hydrogen-bond donors (Lipinski definition) is 2. The van der Waals surface area contributed by atoms with Gasteiger partial charge in [-0.15, -0.1) is 10.2 Å². The maximum Gasteiger partial charge on any atom is 0.242 e. The zero-order valence-electron chi connectivity index (χ0n) is 15.4. The number of nitrogens with zero attached hydrogens (tertiary/aromatic N) is 3. The number of nitrogens with two attached hydrogens (primary N) is 1. The van der Waals surface area contributed by atoms with Crippen LogP contribution in [-0.4, -0.2) is 60.3 Å². The summed E-state index contributed by atoms with van der Waals surface area (Å²) in [5.41, 5.74) is 5.31. The number of thioether (sulfide) groups is 2. The van der Waals surface area contributed by atoms with Gasteiger partial charge in [0.1, 0.15) is 0 Å². The summed E-state index contributed by atoms with van der Waals surface area (Å²) >= 11 is 9.94. The van der Waals surface area contributed by atoms with Gasteiger partial charge >= 0.3 is 0 Å². The molecule has 0 fully saturated rings. The average molecular weight is 496 g/mol. The van der Waals surface area contributed by atoms with Crippen molar-refractivity contribution in [3.63, 3.8) is 0 Å².